The Balaban J connectivity index is 2.81. The first kappa shape index (κ1) is 13.1. The van der Waals surface area contributed by atoms with E-state index in [1.807, 2.05) is 0 Å². The van der Waals surface area contributed by atoms with E-state index >= 15 is 0 Å². The molecule has 0 saturated heterocycles. The first-order valence-corrected chi connectivity index (χ1v) is 5.35. The van der Waals surface area contributed by atoms with Gasteiger partial charge in [0.05, 0.1) is 28.0 Å². The number of nitrogens with zero attached hydrogens (tertiary/aromatic N) is 1. The van der Waals surface area contributed by atoms with Crippen molar-refractivity contribution in [3.8, 4) is 0 Å². The van der Waals surface area contributed by atoms with E-state index in [2.05, 4.69) is 5.32 Å². The van der Waals surface area contributed by atoms with Crippen molar-refractivity contribution >= 4 is 40.5 Å². The van der Waals surface area contributed by atoms with Crippen molar-refractivity contribution in [2.75, 3.05) is 31.7 Å². The number of benzene rings is 1. The maximum absolute atomic E-state index is 11.5. The van der Waals surface area contributed by atoms with Gasteiger partial charge in [0, 0.05) is 0 Å². The minimum atomic E-state index is -0.157. The second-order valence-electron chi connectivity index (χ2n) is 3.64. The summed E-state index contributed by atoms with van der Waals surface area (Å²) >= 11 is 11.6. The molecule has 0 spiro atoms. The number of carbonyl (C=O) groups is 1. The van der Waals surface area contributed by atoms with Crippen LogP contribution in [0.4, 0.5) is 11.4 Å². The van der Waals surface area contributed by atoms with Crippen molar-refractivity contribution in [1.29, 1.82) is 0 Å². The zero-order valence-electron chi connectivity index (χ0n) is 9.05. The van der Waals surface area contributed by atoms with Gasteiger partial charge in [0.2, 0.25) is 5.91 Å². The highest BCUT2D eigenvalue weighted by Gasteiger charge is 2.09. The monoisotopic (exact) mass is 261 g/mol. The Morgan fingerprint density at radius 3 is 2.50 bits per heavy atom. The average molecular weight is 262 g/mol. The molecule has 0 unspecified atom stereocenters. The smallest absolute Gasteiger partial charge is 0.238 e. The van der Waals surface area contributed by atoms with Crippen molar-refractivity contribution in [3.63, 3.8) is 0 Å². The van der Waals surface area contributed by atoms with Gasteiger partial charge in [-0.15, -0.1) is 0 Å². The molecule has 16 heavy (non-hydrogen) atoms. The van der Waals surface area contributed by atoms with Gasteiger partial charge in [-0.05, 0) is 26.2 Å². The van der Waals surface area contributed by atoms with Gasteiger partial charge in [-0.1, -0.05) is 23.2 Å². The molecule has 0 atom stereocenters. The van der Waals surface area contributed by atoms with Crippen LogP contribution >= 0.6 is 23.2 Å². The van der Waals surface area contributed by atoms with Crippen LogP contribution in [0, 0.1) is 0 Å². The van der Waals surface area contributed by atoms with E-state index in [9.17, 15) is 4.79 Å². The molecule has 1 aromatic carbocycles. The average Bonchev–Trinajstić information content (AvgIpc) is 2.12. The van der Waals surface area contributed by atoms with Gasteiger partial charge in [-0.25, -0.2) is 0 Å². The SMILES string of the molecule is CN(C)CC(=O)Nc1cc(Cl)c(Cl)cc1N. The summed E-state index contributed by atoms with van der Waals surface area (Å²) < 4.78 is 0. The topological polar surface area (TPSA) is 58.4 Å². The molecule has 0 aliphatic carbocycles. The lowest BCUT2D eigenvalue weighted by Gasteiger charge is -2.12. The Kier molecular flexibility index (Phi) is 4.41. The lowest BCUT2D eigenvalue weighted by molar-refractivity contribution is -0.116. The molecule has 0 bridgehead atoms. The van der Waals surface area contributed by atoms with E-state index in [0.29, 0.717) is 21.4 Å². The van der Waals surface area contributed by atoms with Gasteiger partial charge >= 0.3 is 0 Å². The van der Waals surface area contributed by atoms with Gasteiger partial charge in [0.25, 0.3) is 0 Å². The lowest BCUT2D eigenvalue weighted by Crippen LogP contribution is -2.27. The maximum Gasteiger partial charge on any atom is 0.238 e. The van der Waals surface area contributed by atoms with Gasteiger partial charge in [-0.3, -0.25) is 4.79 Å². The summed E-state index contributed by atoms with van der Waals surface area (Å²) in [5.41, 5.74) is 6.56. The fourth-order valence-corrected chi connectivity index (χ4v) is 1.48. The summed E-state index contributed by atoms with van der Waals surface area (Å²) in [6, 6.07) is 3.04. The number of nitrogens with two attached hydrogens (primary N) is 1. The molecule has 0 aromatic heterocycles. The number of nitrogen functional groups attached to an aromatic ring is 1. The lowest BCUT2D eigenvalue weighted by atomic mass is 10.2. The number of anilines is 2. The molecule has 0 fully saturated rings. The fraction of sp³-hybridized carbons (Fsp3) is 0.300. The van der Waals surface area contributed by atoms with Crippen LogP contribution in [-0.4, -0.2) is 31.4 Å². The molecule has 6 heteroatoms. The highest BCUT2D eigenvalue weighted by Crippen LogP contribution is 2.30. The summed E-state index contributed by atoms with van der Waals surface area (Å²) in [7, 11) is 3.61. The van der Waals surface area contributed by atoms with Crippen LogP contribution in [0.5, 0.6) is 0 Å². The molecule has 88 valence electrons. The van der Waals surface area contributed by atoms with E-state index in [-0.39, 0.29) is 12.5 Å². The normalized spacial score (nSPS) is 10.6. The van der Waals surface area contributed by atoms with E-state index in [0.717, 1.165) is 0 Å². The Morgan fingerprint density at radius 1 is 1.38 bits per heavy atom. The Bertz CT molecular complexity index is 407. The highest BCUT2D eigenvalue weighted by atomic mass is 35.5. The Hall–Kier alpha value is -0.970. The molecule has 0 heterocycles. The third-order valence-electron chi connectivity index (χ3n) is 1.83. The first-order valence-electron chi connectivity index (χ1n) is 4.59. The van der Waals surface area contributed by atoms with Crippen LogP contribution in [0.25, 0.3) is 0 Å². The number of nitrogens with one attached hydrogen (secondary N) is 1. The van der Waals surface area contributed by atoms with Crippen molar-refractivity contribution in [2.24, 2.45) is 0 Å². The van der Waals surface area contributed by atoms with Crippen LogP contribution in [0.3, 0.4) is 0 Å². The van der Waals surface area contributed by atoms with Gasteiger partial charge in [0.1, 0.15) is 0 Å². The number of halogens is 2. The molecule has 1 rings (SSSR count). The Labute approximate surface area is 104 Å². The van der Waals surface area contributed by atoms with Crippen LogP contribution in [0.2, 0.25) is 10.0 Å². The molecule has 1 aromatic rings. The molecule has 0 aliphatic rings. The molecular formula is C10H13Cl2N3O. The summed E-state index contributed by atoms with van der Waals surface area (Å²) in [6.45, 7) is 0.277. The quantitative estimate of drug-likeness (QED) is 0.820. The standard InChI is InChI=1S/C10H13Cl2N3O/c1-15(2)5-10(16)14-9-4-7(12)6(11)3-8(9)13/h3-4H,5,13H2,1-2H3,(H,14,16). The molecule has 1 amide bonds. The van der Waals surface area contributed by atoms with E-state index in [1.165, 1.54) is 12.1 Å². The van der Waals surface area contributed by atoms with Crippen molar-refractivity contribution in [3.05, 3.63) is 22.2 Å². The summed E-state index contributed by atoms with van der Waals surface area (Å²) in [5.74, 6) is -0.157. The number of carbonyl (C=O) groups excluding carboxylic acids is 1. The van der Waals surface area contributed by atoms with Crippen LogP contribution in [0.15, 0.2) is 12.1 Å². The number of likely N-dealkylation sites (N-methyl/N-ethyl adjacent to an activating group) is 1. The molecule has 3 N–H and O–H groups in total. The van der Waals surface area contributed by atoms with Crippen molar-refractivity contribution in [1.82, 2.24) is 4.90 Å². The number of rotatable bonds is 3. The number of hydrogen-bond acceptors (Lipinski definition) is 3. The molecular weight excluding hydrogens is 249 g/mol. The minimum Gasteiger partial charge on any atom is -0.397 e. The van der Waals surface area contributed by atoms with E-state index < -0.39 is 0 Å². The second kappa shape index (κ2) is 5.39. The highest BCUT2D eigenvalue weighted by molar-refractivity contribution is 6.42. The second-order valence-corrected chi connectivity index (χ2v) is 4.45. The predicted molar refractivity (Wildman–Crippen MR) is 68.1 cm³/mol. The Morgan fingerprint density at radius 2 is 1.94 bits per heavy atom. The molecule has 4 nitrogen and oxygen atoms in total. The molecule has 0 radical (unpaired) electrons. The van der Waals surface area contributed by atoms with Gasteiger partial charge in [0.15, 0.2) is 0 Å². The number of amides is 1. The van der Waals surface area contributed by atoms with Crippen molar-refractivity contribution in [2.45, 2.75) is 0 Å². The third-order valence-corrected chi connectivity index (χ3v) is 2.55. The van der Waals surface area contributed by atoms with Crippen LogP contribution in [-0.2, 0) is 4.79 Å². The van der Waals surface area contributed by atoms with Crippen molar-refractivity contribution < 1.29 is 4.79 Å². The van der Waals surface area contributed by atoms with Gasteiger partial charge in [-0.2, -0.15) is 0 Å². The van der Waals surface area contributed by atoms with E-state index in [4.69, 9.17) is 28.9 Å². The van der Waals surface area contributed by atoms with Crippen LogP contribution in [0.1, 0.15) is 0 Å². The zero-order chi connectivity index (χ0) is 12.3. The summed E-state index contributed by atoms with van der Waals surface area (Å²) in [6.07, 6.45) is 0. The third kappa shape index (κ3) is 3.56. The minimum absolute atomic E-state index is 0.157. The summed E-state index contributed by atoms with van der Waals surface area (Å²) in [5, 5.41) is 3.38. The van der Waals surface area contributed by atoms with Gasteiger partial charge < -0.3 is 16.0 Å². The first-order chi connectivity index (χ1) is 7.40. The zero-order valence-corrected chi connectivity index (χ0v) is 10.6. The maximum atomic E-state index is 11.5. The van der Waals surface area contributed by atoms with Crippen LogP contribution < -0.4 is 11.1 Å². The predicted octanol–water partition coefficient (Wildman–Crippen LogP) is 2.08. The fourth-order valence-electron chi connectivity index (χ4n) is 1.15. The van der Waals surface area contributed by atoms with E-state index in [1.54, 1.807) is 19.0 Å². The molecule has 0 saturated carbocycles. The summed E-state index contributed by atoms with van der Waals surface area (Å²) in [4.78, 5) is 13.2. The number of hydrogen-bond donors (Lipinski definition) is 2. The largest absolute Gasteiger partial charge is 0.397 e. The molecule has 0 aliphatic heterocycles.